The van der Waals surface area contributed by atoms with E-state index in [0.717, 1.165) is 28.7 Å². The lowest BCUT2D eigenvalue weighted by Crippen LogP contribution is -2.24. The molecule has 0 aliphatic heterocycles. The number of amides is 1. The summed E-state index contributed by atoms with van der Waals surface area (Å²) < 4.78 is 8.06. The minimum Gasteiger partial charge on any atom is -0.483 e. The zero-order chi connectivity index (χ0) is 24.1. The van der Waals surface area contributed by atoms with Crippen molar-refractivity contribution in [1.82, 2.24) is 9.99 Å². The Labute approximate surface area is 204 Å². The summed E-state index contributed by atoms with van der Waals surface area (Å²) in [7, 11) is 0. The largest absolute Gasteiger partial charge is 0.483 e. The van der Waals surface area contributed by atoms with Crippen LogP contribution in [0.5, 0.6) is 5.75 Å². The molecule has 0 saturated heterocycles. The van der Waals surface area contributed by atoms with E-state index in [-0.39, 0.29) is 12.3 Å². The minimum atomic E-state index is -0.505. The maximum absolute atomic E-state index is 12.2. The van der Waals surface area contributed by atoms with Crippen LogP contribution in [0.4, 0.5) is 5.69 Å². The second-order valence-corrected chi connectivity index (χ2v) is 8.40. The number of benzene rings is 3. The number of hydrogen-bond acceptors (Lipinski definition) is 5. The van der Waals surface area contributed by atoms with Gasteiger partial charge in [-0.3, -0.25) is 14.9 Å². The predicted octanol–water partition coefficient (Wildman–Crippen LogP) is 5.20. The summed E-state index contributed by atoms with van der Waals surface area (Å²) >= 11 is 3.21. The number of hydrazone groups is 1. The number of fused-ring (bicyclic) bond motifs is 1. The van der Waals surface area contributed by atoms with Gasteiger partial charge in [0.25, 0.3) is 11.6 Å². The van der Waals surface area contributed by atoms with E-state index in [4.69, 9.17) is 4.74 Å². The van der Waals surface area contributed by atoms with Crippen molar-refractivity contribution in [2.24, 2.45) is 5.10 Å². The summed E-state index contributed by atoms with van der Waals surface area (Å²) in [6, 6.07) is 22.3. The van der Waals surface area contributed by atoms with Crippen LogP contribution in [0.2, 0.25) is 0 Å². The van der Waals surface area contributed by atoms with E-state index in [0.29, 0.717) is 10.2 Å². The van der Waals surface area contributed by atoms with Crippen molar-refractivity contribution in [1.29, 1.82) is 0 Å². The monoisotopic (exact) mass is 520 g/mol. The van der Waals surface area contributed by atoms with E-state index in [1.54, 1.807) is 6.21 Å². The van der Waals surface area contributed by atoms with Crippen LogP contribution in [-0.2, 0) is 11.3 Å². The normalized spacial score (nSPS) is 11.1. The van der Waals surface area contributed by atoms with Crippen LogP contribution in [0, 0.1) is 17.0 Å². The first-order valence-corrected chi connectivity index (χ1v) is 11.2. The number of nitro groups is 1. The molecule has 1 N–H and O–H groups in total. The summed E-state index contributed by atoms with van der Waals surface area (Å²) in [4.78, 5) is 22.5. The first-order valence-electron chi connectivity index (χ1n) is 10.4. The highest BCUT2D eigenvalue weighted by Gasteiger charge is 2.14. The van der Waals surface area contributed by atoms with Gasteiger partial charge in [0, 0.05) is 40.8 Å². The molecule has 4 aromatic rings. The van der Waals surface area contributed by atoms with Gasteiger partial charge in [0.1, 0.15) is 5.75 Å². The quantitative estimate of drug-likeness (QED) is 0.196. The molecule has 172 valence electrons. The van der Waals surface area contributed by atoms with Crippen molar-refractivity contribution in [3.05, 3.63) is 104 Å². The fourth-order valence-corrected chi connectivity index (χ4v) is 4.14. The molecule has 0 bridgehead atoms. The lowest BCUT2D eigenvalue weighted by molar-refractivity contribution is -0.384. The number of non-ortho nitro benzene ring substituents is 1. The number of carbonyl (C=O) groups excluding carboxylic acids is 1. The van der Waals surface area contributed by atoms with E-state index in [2.05, 4.69) is 49.2 Å². The van der Waals surface area contributed by atoms with E-state index in [1.807, 2.05) is 43.3 Å². The molecule has 1 amide bonds. The van der Waals surface area contributed by atoms with Crippen molar-refractivity contribution in [3.63, 3.8) is 0 Å². The van der Waals surface area contributed by atoms with Gasteiger partial charge in [0.2, 0.25) is 0 Å². The zero-order valence-electron chi connectivity index (χ0n) is 18.3. The van der Waals surface area contributed by atoms with Gasteiger partial charge in [-0.1, -0.05) is 48.5 Å². The molecule has 0 spiro atoms. The average Bonchev–Trinajstić information content (AvgIpc) is 3.10. The van der Waals surface area contributed by atoms with Gasteiger partial charge in [0.15, 0.2) is 6.61 Å². The van der Waals surface area contributed by atoms with E-state index in [9.17, 15) is 14.9 Å². The van der Waals surface area contributed by atoms with Gasteiger partial charge < -0.3 is 9.30 Å². The molecule has 0 unspecified atom stereocenters. The highest BCUT2D eigenvalue weighted by molar-refractivity contribution is 9.10. The molecule has 0 saturated carbocycles. The first kappa shape index (κ1) is 23.2. The summed E-state index contributed by atoms with van der Waals surface area (Å²) in [5, 5.41) is 16.0. The van der Waals surface area contributed by atoms with Crippen LogP contribution >= 0.6 is 15.9 Å². The summed E-state index contributed by atoms with van der Waals surface area (Å²) in [5.74, 6) is -0.128. The van der Waals surface area contributed by atoms with Crippen molar-refractivity contribution in [2.45, 2.75) is 13.5 Å². The fraction of sp³-hybridized carbons (Fsp3) is 0.120. The van der Waals surface area contributed by atoms with Crippen molar-refractivity contribution < 1.29 is 14.5 Å². The second-order valence-electron chi connectivity index (χ2n) is 7.54. The van der Waals surface area contributed by atoms with Crippen LogP contribution in [0.25, 0.3) is 10.9 Å². The number of carbonyl (C=O) groups is 1. The second kappa shape index (κ2) is 10.3. The lowest BCUT2D eigenvalue weighted by Gasteiger charge is -2.08. The van der Waals surface area contributed by atoms with Gasteiger partial charge >= 0.3 is 0 Å². The number of ether oxygens (including phenoxy) is 1. The summed E-state index contributed by atoms with van der Waals surface area (Å²) in [6.45, 7) is 2.47. The molecule has 34 heavy (non-hydrogen) atoms. The lowest BCUT2D eigenvalue weighted by atomic mass is 10.1. The van der Waals surface area contributed by atoms with Crippen molar-refractivity contribution >= 4 is 44.6 Å². The van der Waals surface area contributed by atoms with Crippen LogP contribution in [0.3, 0.4) is 0 Å². The predicted molar refractivity (Wildman–Crippen MR) is 134 cm³/mol. The van der Waals surface area contributed by atoms with Gasteiger partial charge in [-0.05, 0) is 40.5 Å². The van der Waals surface area contributed by atoms with Crippen LogP contribution in [0.15, 0.2) is 82.4 Å². The van der Waals surface area contributed by atoms with E-state index >= 15 is 0 Å². The average molecular weight is 521 g/mol. The molecular formula is C25H21BrN4O4. The Kier molecular flexibility index (Phi) is 7.03. The first-order chi connectivity index (χ1) is 16.4. The highest BCUT2D eigenvalue weighted by atomic mass is 79.9. The third-order valence-electron chi connectivity index (χ3n) is 5.33. The molecule has 3 aromatic carbocycles. The Bertz CT molecular complexity index is 1380. The van der Waals surface area contributed by atoms with Crippen molar-refractivity contribution in [3.8, 4) is 5.75 Å². The van der Waals surface area contributed by atoms with E-state index < -0.39 is 10.8 Å². The number of nitrogens with one attached hydrogen (secondary N) is 1. The number of nitro benzene ring substituents is 1. The highest BCUT2D eigenvalue weighted by Crippen LogP contribution is 2.29. The molecule has 0 aliphatic rings. The van der Waals surface area contributed by atoms with Gasteiger partial charge in [-0.15, -0.1) is 0 Å². The Balaban J connectivity index is 1.45. The van der Waals surface area contributed by atoms with Gasteiger partial charge in [-0.2, -0.15) is 5.10 Å². The van der Waals surface area contributed by atoms with Crippen molar-refractivity contribution in [2.75, 3.05) is 6.61 Å². The zero-order valence-corrected chi connectivity index (χ0v) is 19.9. The third-order valence-corrected chi connectivity index (χ3v) is 5.95. The Morgan fingerprint density at radius 2 is 1.88 bits per heavy atom. The standard InChI is InChI=1S/C25H21BrN4O4/c1-17-21(20-9-5-6-10-23(20)29(17)15-18-7-3-2-4-8-18)14-27-28-25(31)16-34-24-12-11-19(30(32)33)13-22(24)26/h2-14H,15-16H2,1H3,(H,28,31)/b27-14-. The minimum absolute atomic E-state index is 0.0740. The summed E-state index contributed by atoms with van der Waals surface area (Å²) in [6.07, 6.45) is 1.64. The Hall–Kier alpha value is -3.98. The van der Waals surface area contributed by atoms with Crippen LogP contribution in [0.1, 0.15) is 16.8 Å². The van der Waals surface area contributed by atoms with Crippen LogP contribution < -0.4 is 10.2 Å². The number of halogens is 1. The molecule has 1 aromatic heterocycles. The van der Waals surface area contributed by atoms with Gasteiger partial charge in [-0.25, -0.2) is 5.43 Å². The maximum Gasteiger partial charge on any atom is 0.277 e. The number of rotatable bonds is 8. The molecular weight excluding hydrogens is 500 g/mol. The molecule has 0 atom stereocenters. The number of aromatic nitrogens is 1. The van der Waals surface area contributed by atoms with E-state index in [1.165, 1.54) is 23.8 Å². The summed E-state index contributed by atoms with van der Waals surface area (Å²) in [5.41, 5.74) is 6.64. The fourth-order valence-electron chi connectivity index (χ4n) is 3.66. The number of para-hydroxylation sites is 1. The SMILES string of the molecule is Cc1c(/C=N\NC(=O)COc2ccc([N+](=O)[O-])cc2Br)c2ccccc2n1Cc1ccccc1. The molecule has 0 fully saturated rings. The topological polar surface area (TPSA) is 98.8 Å². The third kappa shape index (κ3) is 5.15. The molecule has 8 nitrogen and oxygen atoms in total. The molecule has 0 aliphatic carbocycles. The number of nitrogens with zero attached hydrogens (tertiary/aromatic N) is 3. The van der Waals surface area contributed by atoms with Gasteiger partial charge in [0.05, 0.1) is 15.6 Å². The van der Waals surface area contributed by atoms with Crippen LogP contribution in [-0.4, -0.2) is 28.2 Å². The molecule has 1 heterocycles. The molecule has 9 heteroatoms. The number of hydrogen-bond donors (Lipinski definition) is 1. The Morgan fingerprint density at radius 3 is 2.62 bits per heavy atom. The molecule has 0 radical (unpaired) electrons. The Morgan fingerprint density at radius 1 is 1.15 bits per heavy atom. The molecule has 4 rings (SSSR count). The smallest absolute Gasteiger partial charge is 0.277 e. The maximum atomic E-state index is 12.2.